The monoisotopic (exact) mass is 253 g/mol. The molecule has 8 nitrogen and oxygen atoms in total. The Morgan fingerprint density at radius 3 is 2.78 bits per heavy atom. The van der Waals surface area contributed by atoms with E-state index in [0.29, 0.717) is 12.1 Å². The molecule has 1 saturated heterocycles. The lowest BCUT2D eigenvalue weighted by Crippen LogP contribution is -2.21. The number of nitrogens with zero attached hydrogens (tertiary/aromatic N) is 1. The van der Waals surface area contributed by atoms with Crippen molar-refractivity contribution in [3.63, 3.8) is 0 Å². The van der Waals surface area contributed by atoms with E-state index >= 15 is 0 Å². The SMILES string of the molecule is COc1cc([C@H]2CNC(=O)N2)cc([N+](=O)[O-])c1O. The number of ether oxygens (including phenoxy) is 1. The quantitative estimate of drug-likeness (QED) is 0.541. The van der Waals surface area contributed by atoms with E-state index in [2.05, 4.69) is 10.6 Å². The highest BCUT2D eigenvalue weighted by Gasteiger charge is 2.27. The van der Waals surface area contributed by atoms with Gasteiger partial charge in [-0.2, -0.15) is 0 Å². The minimum absolute atomic E-state index is 0.000323. The molecule has 1 aliphatic rings. The molecular weight excluding hydrogens is 242 g/mol. The summed E-state index contributed by atoms with van der Waals surface area (Å²) in [7, 11) is 1.30. The van der Waals surface area contributed by atoms with Crippen LogP contribution in [0.2, 0.25) is 0 Å². The van der Waals surface area contributed by atoms with Gasteiger partial charge < -0.3 is 20.5 Å². The summed E-state index contributed by atoms with van der Waals surface area (Å²) in [4.78, 5) is 21.1. The number of nitro benzene ring substituents is 1. The third kappa shape index (κ3) is 1.99. The number of rotatable bonds is 3. The Balaban J connectivity index is 2.45. The van der Waals surface area contributed by atoms with Gasteiger partial charge in [-0.1, -0.05) is 0 Å². The summed E-state index contributed by atoms with van der Waals surface area (Å²) in [6, 6.07) is 1.95. The number of phenolic OH excluding ortho intramolecular Hbond substituents is 1. The van der Waals surface area contributed by atoms with Crippen molar-refractivity contribution in [1.29, 1.82) is 0 Å². The highest BCUT2D eigenvalue weighted by Crippen LogP contribution is 2.38. The van der Waals surface area contributed by atoms with Crippen LogP contribution in [0.3, 0.4) is 0 Å². The fraction of sp³-hybridized carbons (Fsp3) is 0.300. The van der Waals surface area contributed by atoms with E-state index < -0.39 is 16.4 Å². The molecule has 0 radical (unpaired) electrons. The second-order valence-corrected chi connectivity index (χ2v) is 3.75. The number of phenols is 1. The van der Waals surface area contributed by atoms with Gasteiger partial charge in [0, 0.05) is 12.6 Å². The van der Waals surface area contributed by atoms with Gasteiger partial charge in [0.1, 0.15) is 0 Å². The molecule has 3 N–H and O–H groups in total. The van der Waals surface area contributed by atoms with Crippen molar-refractivity contribution in [2.75, 3.05) is 13.7 Å². The smallest absolute Gasteiger partial charge is 0.315 e. The van der Waals surface area contributed by atoms with Crippen LogP contribution in [0.4, 0.5) is 10.5 Å². The summed E-state index contributed by atoms with van der Waals surface area (Å²) in [5.74, 6) is -0.524. The normalized spacial score (nSPS) is 18.1. The Morgan fingerprint density at radius 2 is 2.28 bits per heavy atom. The number of amides is 2. The summed E-state index contributed by atoms with van der Waals surface area (Å²) < 4.78 is 4.88. The lowest BCUT2D eigenvalue weighted by molar-refractivity contribution is -0.386. The van der Waals surface area contributed by atoms with Crippen molar-refractivity contribution < 1.29 is 19.6 Å². The van der Waals surface area contributed by atoms with Crippen LogP contribution in [0.1, 0.15) is 11.6 Å². The van der Waals surface area contributed by atoms with Gasteiger partial charge in [-0.05, 0) is 11.6 Å². The van der Waals surface area contributed by atoms with E-state index in [1.165, 1.54) is 19.2 Å². The molecule has 1 heterocycles. The number of aromatic hydroxyl groups is 1. The van der Waals surface area contributed by atoms with Crippen molar-refractivity contribution in [3.8, 4) is 11.5 Å². The molecule has 1 aliphatic heterocycles. The van der Waals surface area contributed by atoms with Crippen molar-refractivity contribution >= 4 is 11.7 Å². The van der Waals surface area contributed by atoms with Gasteiger partial charge in [0.25, 0.3) is 0 Å². The largest absolute Gasteiger partial charge is 0.500 e. The van der Waals surface area contributed by atoms with E-state index in [4.69, 9.17) is 4.74 Å². The lowest BCUT2D eigenvalue weighted by Gasteiger charge is -2.11. The van der Waals surface area contributed by atoms with Crippen LogP contribution in [-0.2, 0) is 0 Å². The maximum absolute atomic E-state index is 11.0. The number of urea groups is 1. The molecule has 1 fully saturated rings. The molecule has 0 bridgehead atoms. The third-order valence-electron chi connectivity index (χ3n) is 2.67. The predicted octanol–water partition coefficient (Wildman–Crippen LogP) is 0.663. The molecule has 2 amide bonds. The van der Waals surface area contributed by atoms with Crippen LogP contribution >= 0.6 is 0 Å². The Bertz CT molecular complexity index is 516. The van der Waals surface area contributed by atoms with E-state index in [1.807, 2.05) is 0 Å². The molecule has 0 spiro atoms. The Labute approximate surface area is 102 Å². The fourth-order valence-corrected chi connectivity index (χ4v) is 1.77. The zero-order valence-electron chi connectivity index (χ0n) is 9.47. The standard InChI is InChI=1S/C10H11N3O5/c1-18-8-3-5(6-4-11-10(15)12-6)2-7(9(8)14)13(16)17/h2-3,6,14H,4H2,1H3,(H2,11,12,15)/t6-/m1/s1. The molecular formula is C10H11N3O5. The molecule has 18 heavy (non-hydrogen) atoms. The van der Waals surface area contributed by atoms with Gasteiger partial charge in [-0.25, -0.2) is 4.79 Å². The number of hydrogen-bond acceptors (Lipinski definition) is 5. The number of carbonyl (C=O) groups excluding carboxylic acids is 1. The molecule has 0 aliphatic carbocycles. The summed E-state index contributed by atoms with van der Waals surface area (Å²) in [5, 5.41) is 25.6. The van der Waals surface area contributed by atoms with Gasteiger partial charge >= 0.3 is 11.7 Å². The topological polar surface area (TPSA) is 114 Å². The molecule has 8 heteroatoms. The van der Waals surface area contributed by atoms with Crippen molar-refractivity contribution in [2.45, 2.75) is 6.04 Å². The second kappa shape index (κ2) is 4.40. The molecule has 96 valence electrons. The minimum Gasteiger partial charge on any atom is -0.500 e. The van der Waals surface area contributed by atoms with Gasteiger partial charge in [-0.3, -0.25) is 10.1 Å². The van der Waals surface area contributed by atoms with Crippen molar-refractivity contribution in [2.24, 2.45) is 0 Å². The van der Waals surface area contributed by atoms with Gasteiger partial charge in [0.15, 0.2) is 5.75 Å². The first kappa shape index (κ1) is 12.0. The highest BCUT2D eigenvalue weighted by atomic mass is 16.6. The molecule has 0 saturated carbocycles. The van der Waals surface area contributed by atoms with Crippen molar-refractivity contribution in [3.05, 3.63) is 27.8 Å². The zero-order chi connectivity index (χ0) is 13.3. The lowest BCUT2D eigenvalue weighted by atomic mass is 10.1. The van der Waals surface area contributed by atoms with E-state index in [1.54, 1.807) is 0 Å². The van der Waals surface area contributed by atoms with Crippen molar-refractivity contribution in [1.82, 2.24) is 10.6 Å². The molecule has 0 unspecified atom stereocenters. The van der Waals surface area contributed by atoms with Crippen LogP contribution in [0.15, 0.2) is 12.1 Å². The third-order valence-corrected chi connectivity index (χ3v) is 2.67. The van der Waals surface area contributed by atoms with Crippen LogP contribution < -0.4 is 15.4 Å². The number of nitrogens with one attached hydrogen (secondary N) is 2. The first-order valence-corrected chi connectivity index (χ1v) is 5.12. The molecule has 0 aromatic heterocycles. The van der Waals surface area contributed by atoms with Crippen LogP contribution in [0.5, 0.6) is 11.5 Å². The Hall–Kier alpha value is -2.51. The number of methoxy groups -OCH3 is 1. The summed E-state index contributed by atoms with van der Waals surface area (Å²) >= 11 is 0. The molecule has 1 atom stereocenters. The number of benzene rings is 1. The second-order valence-electron chi connectivity index (χ2n) is 3.75. The van der Waals surface area contributed by atoms with Crippen LogP contribution in [0.25, 0.3) is 0 Å². The fourth-order valence-electron chi connectivity index (χ4n) is 1.77. The Kier molecular flexibility index (Phi) is 2.92. The number of hydrogen-bond donors (Lipinski definition) is 3. The summed E-state index contributed by atoms with van der Waals surface area (Å²) in [6.07, 6.45) is 0. The van der Waals surface area contributed by atoms with Gasteiger partial charge in [-0.15, -0.1) is 0 Å². The molecule has 1 aromatic rings. The molecule has 2 rings (SSSR count). The summed E-state index contributed by atoms with van der Waals surface area (Å²) in [5.41, 5.74) is 0.0419. The van der Waals surface area contributed by atoms with E-state index in [-0.39, 0.29) is 17.8 Å². The average molecular weight is 253 g/mol. The predicted molar refractivity (Wildman–Crippen MR) is 60.6 cm³/mol. The highest BCUT2D eigenvalue weighted by molar-refractivity contribution is 5.77. The minimum atomic E-state index is -0.703. The Morgan fingerprint density at radius 1 is 1.56 bits per heavy atom. The van der Waals surface area contributed by atoms with Gasteiger partial charge in [0.05, 0.1) is 18.1 Å². The first-order valence-electron chi connectivity index (χ1n) is 5.12. The number of carbonyl (C=O) groups is 1. The first-order chi connectivity index (χ1) is 8.52. The maximum Gasteiger partial charge on any atom is 0.315 e. The average Bonchev–Trinajstić information content (AvgIpc) is 2.76. The van der Waals surface area contributed by atoms with E-state index in [9.17, 15) is 20.0 Å². The van der Waals surface area contributed by atoms with E-state index in [0.717, 1.165) is 0 Å². The molecule has 1 aromatic carbocycles. The zero-order valence-corrected chi connectivity index (χ0v) is 9.47. The maximum atomic E-state index is 11.0. The van der Waals surface area contributed by atoms with Crippen LogP contribution in [0, 0.1) is 10.1 Å². The van der Waals surface area contributed by atoms with Crippen LogP contribution in [-0.4, -0.2) is 29.7 Å². The van der Waals surface area contributed by atoms with Gasteiger partial charge in [0.2, 0.25) is 5.75 Å². The number of nitro groups is 1. The summed E-state index contributed by atoms with van der Waals surface area (Å²) in [6.45, 7) is 0.323.